The van der Waals surface area contributed by atoms with Crippen molar-refractivity contribution in [1.82, 2.24) is 0 Å². The molecule has 0 bridgehead atoms. The Morgan fingerprint density at radius 1 is 1.62 bits per heavy atom. The zero-order valence-corrected chi connectivity index (χ0v) is 7.24. The molecule has 0 heterocycles. The summed E-state index contributed by atoms with van der Waals surface area (Å²) in [6, 6.07) is 0. The maximum atomic E-state index is 3.38. The summed E-state index contributed by atoms with van der Waals surface area (Å²) < 4.78 is 0. The molecule has 1 atom stereocenters. The number of hydrogen-bond donors (Lipinski definition) is 0. The standard InChI is InChI=1S/C7H14Br/c1-3-7(2)5-4-6-8/h5,7H,3-4,6H2,1-2H3. The van der Waals surface area contributed by atoms with Gasteiger partial charge >= 0.3 is 0 Å². The Morgan fingerprint density at radius 2 is 2.25 bits per heavy atom. The quantitative estimate of drug-likeness (QED) is 0.580. The van der Waals surface area contributed by atoms with Crippen LogP contribution in [-0.4, -0.2) is 5.33 Å². The summed E-state index contributed by atoms with van der Waals surface area (Å²) in [4.78, 5) is 0. The molecular formula is C7H14Br. The highest BCUT2D eigenvalue weighted by molar-refractivity contribution is 9.09. The lowest BCUT2D eigenvalue weighted by atomic mass is 10.0. The predicted octanol–water partition coefficient (Wildman–Crippen LogP) is 3.02. The molecule has 0 aliphatic carbocycles. The van der Waals surface area contributed by atoms with Crippen LogP contribution in [-0.2, 0) is 0 Å². The van der Waals surface area contributed by atoms with E-state index in [4.69, 9.17) is 0 Å². The Labute approximate surface area is 60.8 Å². The van der Waals surface area contributed by atoms with E-state index < -0.39 is 0 Å². The van der Waals surface area contributed by atoms with E-state index >= 15 is 0 Å². The first-order valence-corrected chi connectivity index (χ1v) is 4.32. The molecule has 0 aromatic carbocycles. The van der Waals surface area contributed by atoms with Crippen molar-refractivity contribution in [2.45, 2.75) is 26.7 Å². The second kappa shape index (κ2) is 5.61. The third-order valence-electron chi connectivity index (χ3n) is 1.32. The van der Waals surface area contributed by atoms with Crippen LogP contribution in [0.25, 0.3) is 0 Å². The van der Waals surface area contributed by atoms with E-state index in [-0.39, 0.29) is 0 Å². The monoisotopic (exact) mass is 177 g/mol. The second-order valence-electron chi connectivity index (χ2n) is 2.10. The molecule has 0 spiro atoms. The molecule has 0 aromatic rings. The van der Waals surface area contributed by atoms with Gasteiger partial charge in [0.25, 0.3) is 0 Å². The zero-order valence-electron chi connectivity index (χ0n) is 5.65. The molecule has 0 saturated heterocycles. The average Bonchev–Trinajstić information content (AvgIpc) is 1.83. The van der Waals surface area contributed by atoms with E-state index in [1.165, 1.54) is 12.8 Å². The van der Waals surface area contributed by atoms with Gasteiger partial charge in [-0.25, -0.2) is 0 Å². The molecule has 0 N–H and O–H groups in total. The minimum Gasteiger partial charge on any atom is -0.0928 e. The highest BCUT2D eigenvalue weighted by atomic mass is 79.9. The SMILES string of the molecule is CCC(C)[CH]CCBr. The molecule has 8 heavy (non-hydrogen) atoms. The fourth-order valence-electron chi connectivity index (χ4n) is 0.514. The molecule has 0 aliphatic rings. The van der Waals surface area contributed by atoms with Crippen LogP contribution in [0.1, 0.15) is 26.7 Å². The third-order valence-corrected chi connectivity index (χ3v) is 1.78. The topological polar surface area (TPSA) is 0 Å². The molecule has 49 valence electrons. The Kier molecular flexibility index (Phi) is 5.95. The van der Waals surface area contributed by atoms with Crippen LogP contribution < -0.4 is 0 Å². The van der Waals surface area contributed by atoms with Crippen molar-refractivity contribution in [3.05, 3.63) is 6.42 Å². The summed E-state index contributed by atoms with van der Waals surface area (Å²) in [6.07, 6.45) is 4.83. The van der Waals surface area contributed by atoms with Crippen LogP contribution in [0.3, 0.4) is 0 Å². The van der Waals surface area contributed by atoms with E-state index in [9.17, 15) is 0 Å². The van der Waals surface area contributed by atoms with Gasteiger partial charge in [0.15, 0.2) is 0 Å². The molecule has 0 amide bonds. The molecule has 0 rings (SSSR count). The Bertz CT molecular complexity index is 43.7. The summed E-state index contributed by atoms with van der Waals surface area (Å²) in [5, 5.41) is 1.11. The summed E-state index contributed by atoms with van der Waals surface area (Å²) in [6.45, 7) is 4.47. The van der Waals surface area contributed by atoms with Gasteiger partial charge in [0.05, 0.1) is 0 Å². The first-order chi connectivity index (χ1) is 3.81. The number of rotatable bonds is 4. The van der Waals surface area contributed by atoms with E-state index in [1.54, 1.807) is 0 Å². The smallest absolute Gasteiger partial charge is 0.00341 e. The lowest BCUT2D eigenvalue weighted by Gasteiger charge is -2.03. The Hall–Kier alpha value is 0.480. The average molecular weight is 178 g/mol. The number of hydrogen-bond acceptors (Lipinski definition) is 0. The molecule has 0 aliphatic heterocycles. The molecule has 0 saturated carbocycles. The van der Waals surface area contributed by atoms with E-state index in [0.29, 0.717) is 0 Å². The van der Waals surface area contributed by atoms with Crippen LogP contribution in [0.2, 0.25) is 0 Å². The lowest BCUT2D eigenvalue weighted by Crippen LogP contribution is -1.92. The molecular weight excluding hydrogens is 164 g/mol. The fourth-order valence-corrected chi connectivity index (χ4v) is 0.779. The van der Waals surface area contributed by atoms with Crippen LogP contribution >= 0.6 is 15.9 Å². The first-order valence-electron chi connectivity index (χ1n) is 3.20. The molecule has 0 fully saturated rings. The van der Waals surface area contributed by atoms with E-state index in [1.807, 2.05) is 0 Å². The highest BCUT2D eigenvalue weighted by Crippen LogP contribution is 2.08. The van der Waals surface area contributed by atoms with Crippen molar-refractivity contribution in [3.8, 4) is 0 Å². The molecule has 0 aromatic heterocycles. The summed E-state index contributed by atoms with van der Waals surface area (Å²) >= 11 is 3.38. The van der Waals surface area contributed by atoms with Gasteiger partial charge in [-0.05, 0) is 18.8 Å². The summed E-state index contributed by atoms with van der Waals surface area (Å²) in [7, 11) is 0. The third kappa shape index (κ3) is 4.63. The molecule has 0 nitrogen and oxygen atoms in total. The van der Waals surface area contributed by atoms with Crippen molar-refractivity contribution in [1.29, 1.82) is 0 Å². The van der Waals surface area contributed by atoms with Crippen molar-refractivity contribution in [2.24, 2.45) is 5.92 Å². The summed E-state index contributed by atoms with van der Waals surface area (Å²) in [5.74, 6) is 0.799. The Balaban J connectivity index is 2.86. The lowest BCUT2D eigenvalue weighted by molar-refractivity contribution is 0.628. The number of halogens is 1. The number of alkyl halides is 1. The fraction of sp³-hybridized carbons (Fsp3) is 0.857. The van der Waals surface area contributed by atoms with Gasteiger partial charge in [0, 0.05) is 5.33 Å². The van der Waals surface area contributed by atoms with Crippen molar-refractivity contribution < 1.29 is 0 Å². The normalized spacial score (nSPS) is 13.9. The van der Waals surface area contributed by atoms with Crippen molar-refractivity contribution >= 4 is 15.9 Å². The van der Waals surface area contributed by atoms with E-state index in [2.05, 4.69) is 36.2 Å². The summed E-state index contributed by atoms with van der Waals surface area (Å²) in [5.41, 5.74) is 0. The van der Waals surface area contributed by atoms with E-state index in [0.717, 1.165) is 11.2 Å². The van der Waals surface area contributed by atoms with Crippen LogP contribution in [0.15, 0.2) is 0 Å². The van der Waals surface area contributed by atoms with Gasteiger partial charge in [-0.2, -0.15) is 0 Å². The maximum absolute atomic E-state index is 3.38. The van der Waals surface area contributed by atoms with Crippen molar-refractivity contribution in [3.63, 3.8) is 0 Å². The minimum absolute atomic E-state index is 0.799. The van der Waals surface area contributed by atoms with Gasteiger partial charge in [-0.15, -0.1) is 0 Å². The largest absolute Gasteiger partial charge is 0.0928 e. The van der Waals surface area contributed by atoms with Gasteiger partial charge < -0.3 is 0 Å². The first kappa shape index (κ1) is 8.48. The Morgan fingerprint density at radius 3 is 2.62 bits per heavy atom. The van der Waals surface area contributed by atoms with Crippen molar-refractivity contribution in [2.75, 3.05) is 5.33 Å². The second-order valence-corrected chi connectivity index (χ2v) is 2.89. The maximum Gasteiger partial charge on any atom is 0.00341 e. The molecule has 1 radical (unpaired) electrons. The van der Waals surface area contributed by atoms with Gasteiger partial charge in [0.2, 0.25) is 0 Å². The van der Waals surface area contributed by atoms with Gasteiger partial charge in [-0.1, -0.05) is 36.2 Å². The van der Waals surface area contributed by atoms with Crippen LogP contribution in [0, 0.1) is 12.3 Å². The highest BCUT2D eigenvalue weighted by Gasteiger charge is 1.95. The molecule has 1 unspecified atom stereocenters. The van der Waals surface area contributed by atoms with Gasteiger partial charge in [-0.3, -0.25) is 0 Å². The molecule has 1 heteroatoms. The van der Waals surface area contributed by atoms with Crippen LogP contribution in [0.5, 0.6) is 0 Å². The van der Waals surface area contributed by atoms with Crippen LogP contribution in [0.4, 0.5) is 0 Å². The zero-order chi connectivity index (χ0) is 6.41. The minimum atomic E-state index is 0.799. The predicted molar refractivity (Wildman–Crippen MR) is 42.2 cm³/mol. The van der Waals surface area contributed by atoms with Gasteiger partial charge in [0.1, 0.15) is 0 Å².